The van der Waals surface area contributed by atoms with Crippen LogP contribution < -0.4 is 15.0 Å². The number of hydrogen-bond donors (Lipinski definition) is 0. The zero-order chi connectivity index (χ0) is 20.5. The molecule has 0 saturated heterocycles. The molecular weight excluding hydrogens is 452 g/mol. The van der Waals surface area contributed by atoms with Gasteiger partial charge in [0.15, 0.2) is 5.75 Å². The summed E-state index contributed by atoms with van der Waals surface area (Å²) in [6.45, 7) is 2.34. The molecule has 0 fully saturated rings. The van der Waals surface area contributed by atoms with Gasteiger partial charge >= 0.3 is 0 Å². The van der Waals surface area contributed by atoms with Gasteiger partial charge in [0.05, 0.1) is 16.5 Å². The average molecular weight is 471 g/mol. The van der Waals surface area contributed by atoms with Gasteiger partial charge in [-0.15, -0.1) is 11.3 Å². The van der Waals surface area contributed by atoms with Gasteiger partial charge < -0.3 is 9.47 Å². The summed E-state index contributed by atoms with van der Waals surface area (Å²) in [5, 5.41) is 5.21. The first-order valence-electron chi connectivity index (χ1n) is 9.00. The van der Waals surface area contributed by atoms with Crippen molar-refractivity contribution in [2.45, 2.75) is 13.5 Å². The van der Waals surface area contributed by atoms with E-state index in [0.29, 0.717) is 23.6 Å². The number of hydrogen-bond acceptors (Lipinski definition) is 5. The minimum Gasteiger partial charge on any atom is -0.494 e. The van der Waals surface area contributed by atoms with Crippen molar-refractivity contribution in [3.63, 3.8) is 0 Å². The summed E-state index contributed by atoms with van der Waals surface area (Å²) >= 11 is 5.21. The molecule has 2 heterocycles. The van der Waals surface area contributed by atoms with Crippen LogP contribution in [-0.4, -0.2) is 16.9 Å². The van der Waals surface area contributed by atoms with Gasteiger partial charge in [-0.1, -0.05) is 30.3 Å². The number of halogens is 1. The van der Waals surface area contributed by atoms with Gasteiger partial charge in [0, 0.05) is 22.7 Å². The molecule has 0 radical (unpaired) electrons. The zero-order valence-corrected chi connectivity index (χ0v) is 18.6. The number of fused-ring (bicyclic) bond motifs is 1. The van der Waals surface area contributed by atoms with Gasteiger partial charge in [0.2, 0.25) is 0 Å². The van der Waals surface area contributed by atoms with Crippen LogP contribution in [0.15, 0.2) is 57.1 Å². The molecule has 0 aliphatic rings. The lowest BCUT2D eigenvalue weighted by molar-refractivity contribution is 0.306. The summed E-state index contributed by atoms with van der Waals surface area (Å²) in [6, 6.07) is 16.0. The quantitative estimate of drug-likeness (QED) is 0.396. The maximum absolute atomic E-state index is 12.9. The highest BCUT2D eigenvalue weighted by atomic mass is 79.9. The Morgan fingerprint density at radius 3 is 2.62 bits per heavy atom. The molecule has 4 rings (SSSR count). The number of nitrogens with zero attached hydrogens (tertiary/aromatic N) is 2. The third kappa shape index (κ3) is 3.68. The Morgan fingerprint density at radius 2 is 1.90 bits per heavy atom. The highest BCUT2D eigenvalue weighted by Gasteiger charge is 2.23. The summed E-state index contributed by atoms with van der Waals surface area (Å²) in [6.07, 6.45) is 0. The second kappa shape index (κ2) is 8.00. The molecule has 2 aromatic carbocycles. The minimum absolute atomic E-state index is 0.197. The summed E-state index contributed by atoms with van der Waals surface area (Å²) in [5.74, 6) is 1.28. The van der Waals surface area contributed by atoms with Crippen LogP contribution in [0.3, 0.4) is 0 Å². The fraction of sp³-hybridized carbons (Fsp3) is 0.182. The van der Waals surface area contributed by atoms with Crippen LogP contribution in [0.4, 0.5) is 0 Å². The Morgan fingerprint density at radius 1 is 1.14 bits per heavy atom. The van der Waals surface area contributed by atoms with Crippen LogP contribution in [-0.2, 0) is 13.7 Å². The lowest BCUT2D eigenvalue weighted by Crippen LogP contribution is -2.23. The van der Waals surface area contributed by atoms with Gasteiger partial charge in [-0.3, -0.25) is 4.79 Å². The van der Waals surface area contributed by atoms with Crippen LogP contribution in [0.5, 0.6) is 11.5 Å². The molecule has 0 bridgehead atoms. The van der Waals surface area contributed by atoms with Crippen molar-refractivity contribution in [3.05, 3.63) is 73.9 Å². The molecule has 148 valence electrons. The lowest BCUT2D eigenvalue weighted by Gasteiger charge is -2.12. The summed E-state index contributed by atoms with van der Waals surface area (Å²) < 4.78 is 14.7. The SMILES string of the molecule is COc1c(C)nn(C)c(=O)c1-c1c(Br)sc2cc(OCc3ccccc3)ccc12. The number of ether oxygens (including phenoxy) is 2. The first kappa shape index (κ1) is 19.7. The van der Waals surface area contributed by atoms with Crippen LogP contribution in [0.2, 0.25) is 0 Å². The molecule has 0 unspecified atom stereocenters. The highest BCUT2D eigenvalue weighted by Crippen LogP contribution is 2.45. The molecule has 4 aromatic rings. The van der Waals surface area contributed by atoms with Crippen molar-refractivity contribution in [2.24, 2.45) is 7.05 Å². The van der Waals surface area contributed by atoms with Crippen molar-refractivity contribution in [1.82, 2.24) is 9.78 Å². The Labute approximate surface area is 180 Å². The van der Waals surface area contributed by atoms with Crippen molar-refractivity contribution in [1.29, 1.82) is 0 Å². The molecule has 0 spiro atoms. The van der Waals surface area contributed by atoms with E-state index >= 15 is 0 Å². The van der Waals surface area contributed by atoms with Gasteiger partial charge in [-0.05, 0) is 46.6 Å². The topological polar surface area (TPSA) is 53.4 Å². The van der Waals surface area contributed by atoms with E-state index in [4.69, 9.17) is 9.47 Å². The van der Waals surface area contributed by atoms with Crippen LogP contribution in [0, 0.1) is 6.92 Å². The monoisotopic (exact) mass is 470 g/mol. The fourth-order valence-electron chi connectivity index (χ4n) is 3.34. The molecule has 0 aliphatic carbocycles. The predicted molar refractivity (Wildman–Crippen MR) is 120 cm³/mol. The summed E-state index contributed by atoms with van der Waals surface area (Å²) in [7, 11) is 3.21. The summed E-state index contributed by atoms with van der Waals surface area (Å²) in [5.41, 5.74) is 2.91. The lowest BCUT2D eigenvalue weighted by atomic mass is 10.0. The number of aromatic nitrogens is 2. The molecule has 7 heteroatoms. The molecule has 0 amide bonds. The standard InChI is InChI=1S/C22H19BrN2O3S/c1-13-20(27-3)19(22(26)25(2)24-13)18-16-10-9-15(11-17(16)29-21(18)23)28-12-14-7-5-4-6-8-14/h4-11H,12H2,1-3H3. The molecule has 0 N–H and O–H groups in total. The van der Waals surface area contributed by atoms with E-state index in [1.807, 2.05) is 55.5 Å². The second-order valence-corrected chi connectivity index (χ2v) is 8.98. The Bertz CT molecular complexity index is 1250. The van der Waals surface area contributed by atoms with E-state index < -0.39 is 0 Å². The van der Waals surface area contributed by atoms with E-state index in [-0.39, 0.29) is 5.56 Å². The highest BCUT2D eigenvalue weighted by molar-refractivity contribution is 9.11. The number of thiophene rings is 1. The first-order chi connectivity index (χ1) is 14.0. The van der Waals surface area contributed by atoms with Crippen LogP contribution >= 0.6 is 27.3 Å². The molecular formula is C22H19BrN2O3S. The third-order valence-corrected chi connectivity index (χ3v) is 6.51. The fourth-order valence-corrected chi connectivity index (χ4v) is 5.23. The minimum atomic E-state index is -0.197. The van der Waals surface area contributed by atoms with Crippen LogP contribution in [0.25, 0.3) is 21.2 Å². The first-order valence-corrected chi connectivity index (χ1v) is 10.6. The van der Waals surface area contributed by atoms with E-state index in [1.54, 1.807) is 25.5 Å². The van der Waals surface area contributed by atoms with Crippen molar-refractivity contribution in [2.75, 3.05) is 7.11 Å². The predicted octanol–water partition coefficient (Wildman–Crippen LogP) is 5.32. The number of methoxy groups -OCH3 is 1. The number of benzene rings is 2. The smallest absolute Gasteiger partial charge is 0.278 e. The van der Waals surface area contributed by atoms with Gasteiger partial charge in [0.25, 0.3) is 5.56 Å². The van der Waals surface area contributed by atoms with E-state index in [0.717, 1.165) is 30.7 Å². The Balaban J connectivity index is 1.78. The normalized spacial score (nSPS) is 11.0. The molecule has 0 saturated carbocycles. The molecule has 0 atom stereocenters. The maximum atomic E-state index is 12.9. The number of aryl methyl sites for hydroxylation is 2. The average Bonchev–Trinajstić information content (AvgIpc) is 3.04. The van der Waals surface area contributed by atoms with Crippen molar-refractivity contribution >= 4 is 37.4 Å². The van der Waals surface area contributed by atoms with E-state index in [1.165, 1.54) is 4.68 Å². The largest absolute Gasteiger partial charge is 0.494 e. The maximum Gasteiger partial charge on any atom is 0.278 e. The summed E-state index contributed by atoms with van der Waals surface area (Å²) in [4.78, 5) is 12.9. The second-order valence-electron chi connectivity index (χ2n) is 6.61. The number of rotatable bonds is 5. The van der Waals surface area contributed by atoms with Crippen molar-refractivity contribution < 1.29 is 9.47 Å². The van der Waals surface area contributed by atoms with Gasteiger partial charge in [0.1, 0.15) is 18.1 Å². The Kier molecular flexibility index (Phi) is 5.43. The van der Waals surface area contributed by atoms with Crippen LogP contribution in [0.1, 0.15) is 11.3 Å². The van der Waals surface area contributed by atoms with E-state index in [9.17, 15) is 4.79 Å². The Hall–Kier alpha value is -2.64. The molecule has 29 heavy (non-hydrogen) atoms. The molecule has 0 aliphatic heterocycles. The third-order valence-electron chi connectivity index (χ3n) is 4.68. The van der Waals surface area contributed by atoms with Gasteiger partial charge in [-0.2, -0.15) is 5.10 Å². The molecule has 2 aromatic heterocycles. The van der Waals surface area contributed by atoms with Crippen molar-refractivity contribution in [3.8, 4) is 22.6 Å². The zero-order valence-electron chi connectivity index (χ0n) is 16.2. The van der Waals surface area contributed by atoms with Gasteiger partial charge in [-0.25, -0.2) is 4.68 Å². The molecule has 5 nitrogen and oxygen atoms in total. The van der Waals surface area contributed by atoms with E-state index in [2.05, 4.69) is 21.0 Å².